The summed E-state index contributed by atoms with van der Waals surface area (Å²) in [5, 5.41) is 0. The average Bonchev–Trinajstić information content (AvgIpc) is 3.75. The Hall–Kier alpha value is -2.30. The summed E-state index contributed by atoms with van der Waals surface area (Å²) < 4.78 is 23.4. The third-order valence-corrected chi connectivity index (χ3v) is 7.51. The first-order chi connectivity index (χ1) is 17.2. The standard InChI is InChI=1S/C32H42O4/c1-31(2,3)21-32(4,5)30(29-20-35-29)36-27-8-6-7-25(17-27)24-11-9-22(10-12-24)23-13-15-26(16-14-23)33-18-28-19-34-28/h6-9,11,13-17,22,24,28-30H,10,12,18-21H2,1-5H3. The van der Waals surface area contributed by atoms with E-state index < -0.39 is 0 Å². The number of ether oxygens (including phenoxy) is 4. The van der Waals surface area contributed by atoms with Crippen molar-refractivity contribution in [1.82, 2.24) is 0 Å². The SMILES string of the molecule is CC(C)(C)CC(C)(C)C(Oc1cccc(C2C=CC(c3ccc(OCC4CO4)cc3)CC2)c1)C1CO1. The number of hydrogen-bond donors (Lipinski definition) is 0. The number of epoxide rings is 2. The van der Waals surface area contributed by atoms with Gasteiger partial charge in [0.15, 0.2) is 0 Å². The van der Waals surface area contributed by atoms with Gasteiger partial charge >= 0.3 is 0 Å². The van der Waals surface area contributed by atoms with Gasteiger partial charge in [0.1, 0.15) is 36.4 Å². The predicted octanol–water partition coefficient (Wildman–Crippen LogP) is 7.29. The van der Waals surface area contributed by atoms with Crippen LogP contribution in [-0.2, 0) is 9.47 Å². The zero-order valence-electron chi connectivity index (χ0n) is 22.5. The van der Waals surface area contributed by atoms with Crippen molar-refractivity contribution in [1.29, 1.82) is 0 Å². The van der Waals surface area contributed by atoms with Crippen molar-refractivity contribution in [3.05, 3.63) is 71.8 Å². The van der Waals surface area contributed by atoms with Gasteiger partial charge in [-0.25, -0.2) is 0 Å². The molecule has 2 aliphatic heterocycles. The molecule has 1 aliphatic carbocycles. The summed E-state index contributed by atoms with van der Waals surface area (Å²) in [6.45, 7) is 13.8. The third kappa shape index (κ3) is 6.72. The first kappa shape index (κ1) is 25.4. The minimum atomic E-state index is 0.0274. The van der Waals surface area contributed by atoms with Crippen LogP contribution in [0.4, 0.5) is 0 Å². The number of rotatable bonds is 10. The van der Waals surface area contributed by atoms with Gasteiger partial charge in [-0.3, -0.25) is 0 Å². The van der Waals surface area contributed by atoms with E-state index in [0.717, 1.165) is 44.0 Å². The van der Waals surface area contributed by atoms with E-state index in [9.17, 15) is 0 Å². The van der Waals surface area contributed by atoms with Crippen molar-refractivity contribution in [2.45, 2.75) is 84.0 Å². The molecule has 0 spiro atoms. The fourth-order valence-electron chi connectivity index (χ4n) is 5.94. The van der Waals surface area contributed by atoms with E-state index >= 15 is 0 Å². The minimum Gasteiger partial charge on any atom is -0.491 e. The van der Waals surface area contributed by atoms with Crippen LogP contribution in [0.25, 0.3) is 0 Å². The summed E-state index contributed by atoms with van der Waals surface area (Å²) in [7, 11) is 0. The Morgan fingerprint density at radius 1 is 0.833 bits per heavy atom. The van der Waals surface area contributed by atoms with E-state index in [4.69, 9.17) is 18.9 Å². The molecule has 5 unspecified atom stereocenters. The van der Waals surface area contributed by atoms with Crippen LogP contribution in [0.3, 0.4) is 0 Å². The van der Waals surface area contributed by atoms with Gasteiger partial charge in [-0.15, -0.1) is 0 Å². The van der Waals surface area contributed by atoms with Gasteiger partial charge in [-0.2, -0.15) is 0 Å². The molecule has 0 saturated carbocycles. The molecular weight excluding hydrogens is 448 g/mol. The molecule has 5 rings (SSSR count). The molecule has 36 heavy (non-hydrogen) atoms. The fraction of sp³-hybridized carbons (Fsp3) is 0.562. The van der Waals surface area contributed by atoms with Crippen molar-refractivity contribution >= 4 is 0 Å². The minimum absolute atomic E-state index is 0.0274. The molecule has 0 amide bonds. The van der Waals surface area contributed by atoms with Gasteiger partial charge < -0.3 is 18.9 Å². The molecule has 2 aromatic carbocycles. The highest BCUT2D eigenvalue weighted by molar-refractivity contribution is 5.37. The number of allylic oxidation sites excluding steroid dienone is 2. The smallest absolute Gasteiger partial charge is 0.132 e. The summed E-state index contributed by atoms with van der Waals surface area (Å²) >= 11 is 0. The molecule has 5 atom stereocenters. The summed E-state index contributed by atoms with van der Waals surface area (Å²) in [5.41, 5.74) is 2.95. The monoisotopic (exact) mass is 490 g/mol. The first-order valence-corrected chi connectivity index (χ1v) is 13.6. The van der Waals surface area contributed by atoms with Crippen molar-refractivity contribution in [3.63, 3.8) is 0 Å². The maximum Gasteiger partial charge on any atom is 0.132 e. The van der Waals surface area contributed by atoms with Crippen LogP contribution in [0, 0.1) is 10.8 Å². The van der Waals surface area contributed by atoms with Crippen molar-refractivity contribution < 1.29 is 18.9 Å². The lowest BCUT2D eigenvalue weighted by molar-refractivity contribution is 0.0205. The Morgan fingerprint density at radius 2 is 1.50 bits per heavy atom. The summed E-state index contributed by atoms with van der Waals surface area (Å²) in [4.78, 5) is 0. The normalized spacial score (nSPS) is 26.4. The molecule has 2 saturated heterocycles. The topological polar surface area (TPSA) is 43.5 Å². The van der Waals surface area contributed by atoms with Crippen LogP contribution < -0.4 is 9.47 Å². The Balaban J connectivity index is 1.22. The lowest BCUT2D eigenvalue weighted by Crippen LogP contribution is -2.41. The van der Waals surface area contributed by atoms with E-state index in [2.05, 4.69) is 95.3 Å². The van der Waals surface area contributed by atoms with E-state index in [1.165, 1.54) is 11.1 Å². The molecule has 3 aliphatic rings. The lowest BCUT2D eigenvalue weighted by atomic mass is 9.72. The molecular formula is C32H42O4. The molecule has 2 heterocycles. The van der Waals surface area contributed by atoms with Gasteiger partial charge in [0.2, 0.25) is 0 Å². The van der Waals surface area contributed by atoms with Crippen LogP contribution in [0.1, 0.15) is 76.8 Å². The quantitative estimate of drug-likeness (QED) is 0.259. The highest BCUT2D eigenvalue weighted by Gasteiger charge is 2.46. The maximum absolute atomic E-state index is 6.65. The summed E-state index contributed by atoms with van der Waals surface area (Å²) in [5.74, 6) is 2.75. The third-order valence-electron chi connectivity index (χ3n) is 7.51. The van der Waals surface area contributed by atoms with Gasteiger partial charge in [0.05, 0.1) is 13.2 Å². The fourth-order valence-corrected chi connectivity index (χ4v) is 5.94. The number of hydrogen-bond acceptors (Lipinski definition) is 4. The average molecular weight is 491 g/mol. The zero-order chi connectivity index (χ0) is 25.3. The molecule has 0 N–H and O–H groups in total. The predicted molar refractivity (Wildman–Crippen MR) is 144 cm³/mol. The molecule has 0 bridgehead atoms. The maximum atomic E-state index is 6.65. The van der Waals surface area contributed by atoms with Crippen molar-refractivity contribution in [3.8, 4) is 11.5 Å². The molecule has 0 aromatic heterocycles. The van der Waals surface area contributed by atoms with E-state index in [-0.39, 0.29) is 29.1 Å². The zero-order valence-corrected chi connectivity index (χ0v) is 22.5. The molecule has 194 valence electrons. The van der Waals surface area contributed by atoms with Crippen LogP contribution in [0.2, 0.25) is 0 Å². The van der Waals surface area contributed by atoms with E-state index in [1.807, 2.05) is 0 Å². The Bertz CT molecular complexity index is 1040. The molecule has 0 radical (unpaired) electrons. The van der Waals surface area contributed by atoms with E-state index in [1.54, 1.807) is 0 Å². The van der Waals surface area contributed by atoms with E-state index in [0.29, 0.717) is 18.4 Å². The van der Waals surface area contributed by atoms with Crippen LogP contribution >= 0.6 is 0 Å². The second-order valence-electron chi connectivity index (χ2n) is 12.7. The van der Waals surface area contributed by atoms with Crippen LogP contribution in [-0.4, -0.2) is 38.1 Å². The second kappa shape index (κ2) is 10.2. The van der Waals surface area contributed by atoms with Gasteiger partial charge in [-0.05, 0) is 60.1 Å². The second-order valence-corrected chi connectivity index (χ2v) is 12.7. The largest absolute Gasteiger partial charge is 0.491 e. The molecule has 4 nitrogen and oxygen atoms in total. The molecule has 2 fully saturated rings. The molecule has 4 heteroatoms. The van der Waals surface area contributed by atoms with Crippen LogP contribution in [0.5, 0.6) is 11.5 Å². The Kier molecular flexibility index (Phi) is 7.20. The Morgan fingerprint density at radius 3 is 2.08 bits per heavy atom. The van der Waals surface area contributed by atoms with Gasteiger partial charge in [0.25, 0.3) is 0 Å². The first-order valence-electron chi connectivity index (χ1n) is 13.6. The summed E-state index contributed by atoms with van der Waals surface area (Å²) in [6, 6.07) is 17.3. The van der Waals surface area contributed by atoms with Crippen molar-refractivity contribution in [2.75, 3.05) is 19.8 Å². The highest BCUT2D eigenvalue weighted by Crippen LogP contribution is 2.42. The Labute approximate surface area is 217 Å². The lowest BCUT2D eigenvalue weighted by Gasteiger charge is -2.38. The number of benzene rings is 2. The van der Waals surface area contributed by atoms with Crippen LogP contribution in [0.15, 0.2) is 60.7 Å². The van der Waals surface area contributed by atoms with Crippen molar-refractivity contribution in [2.24, 2.45) is 10.8 Å². The highest BCUT2D eigenvalue weighted by atomic mass is 16.6. The van der Waals surface area contributed by atoms with Gasteiger partial charge in [-0.1, -0.05) is 71.0 Å². The summed E-state index contributed by atoms with van der Waals surface area (Å²) in [6.07, 6.45) is 8.65. The molecule has 2 aromatic rings. The van der Waals surface area contributed by atoms with Gasteiger partial charge in [0, 0.05) is 17.3 Å².